The maximum atomic E-state index is 12.6. The van der Waals surface area contributed by atoms with Crippen LogP contribution in [0.25, 0.3) is 0 Å². The summed E-state index contributed by atoms with van der Waals surface area (Å²) in [5.41, 5.74) is 0.974. The number of aromatic nitrogens is 1. The fourth-order valence-corrected chi connectivity index (χ4v) is 4.68. The van der Waals surface area contributed by atoms with Crippen LogP contribution in [0.5, 0.6) is 0 Å². The van der Waals surface area contributed by atoms with Crippen molar-refractivity contribution in [1.82, 2.24) is 9.29 Å². The summed E-state index contributed by atoms with van der Waals surface area (Å²) < 4.78 is 26.7. The first-order valence-electron chi connectivity index (χ1n) is 8.33. The molecule has 1 aromatic heterocycles. The number of halogens is 1. The second-order valence-electron chi connectivity index (χ2n) is 6.20. The van der Waals surface area contributed by atoms with Crippen LogP contribution in [-0.2, 0) is 15.8 Å². The lowest BCUT2D eigenvalue weighted by Crippen LogP contribution is -2.42. The van der Waals surface area contributed by atoms with Crippen LogP contribution in [0.15, 0.2) is 42.5 Å². The van der Waals surface area contributed by atoms with Gasteiger partial charge in [-0.05, 0) is 30.5 Å². The van der Waals surface area contributed by atoms with Gasteiger partial charge in [-0.25, -0.2) is 17.7 Å². The molecular formula is C18H19ClN4O2S. The minimum Gasteiger partial charge on any atom is -0.367 e. The molecule has 0 bridgehead atoms. The standard InChI is InChI=1S/C18H19ClN4O2S/c19-16-6-7-18(22-17(16)12-20)21-15-8-10-23(11-9-15)26(24,25)13-14-4-2-1-3-5-14/h1-7,15H,8-11,13H2,(H,21,22). The van der Waals surface area contributed by atoms with E-state index in [0.717, 1.165) is 5.56 Å². The Morgan fingerprint density at radius 3 is 2.54 bits per heavy atom. The molecule has 1 N–H and O–H groups in total. The molecule has 0 amide bonds. The normalized spacial score (nSPS) is 16.2. The van der Waals surface area contributed by atoms with E-state index in [1.54, 1.807) is 16.4 Å². The molecule has 6 nitrogen and oxygen atoms in total. The quantitative estimate of drug-likeness (QED) is 0.848. The third-order valence-electron chi connectivity index (χ3n) is 4.34. The second kappa shape index (κ2) is 8.04. The Morgan fingerprint density at radius 2 is 1.88 bits per heavy atom. The van der Waals surface area contributed by atoms with Crippen molar-refractivity contribution in [1.29, 1.82) is 5.26 Å². The van der Waals surface area contributed by atoms with Gasteiger partial charge >= 0.3 is 0 Å². The monoisotopic (exact) mass is 390 g/mol. The molecule has 2 heterocycles. The Hall–Kier alpha value is -2.14. The number of sulfonamides is 1. The summed E-state index contributed by atoms with van der Waals surface area (Å²) in [6, 6.07) is 14.6. The van der Waals surface area contributed by atoms with Crippen LogP contribution < -0.4 is 5.32 Å². The first-order valence-corrected chi connectivity index (χ1v) is 10.3. The Kier molecular flexibility index (Phi) is 5.77. The van der Waals surface area contributed by atoms with Crippen LogP contribution in [-0.4, -0.2) is 36.8 Å². The molecular weight excluding hydrogens is 372 g/mol. The summed E-state index contributed by atoms with van der Waals surface area (Å²) in [7, 11) is -3.32. The van der Waals surface area contributed by atoms with Gasteiger partial charge in [0.15, 0.2) is 5.69 Å². The molecule has 26 heavy (non-hydrogen) atoms. The van der Waals surface area contributed by atoms with Crippen LogP contribution in [0.1, 0.15) is 24.1 Å². The lowest BCUT2D eigenvalue weighted by atomic mass is 10.1. The average Bonchev–Trinajstić information content (AvgIpc) is 2.64. The molecule has 0 aliphatic carbocycles. The minimum absolute atomic E-state index is 0.0240. The first kappa shape index (κ1) is 18.6. The molecule has 1 fully saturated rings. The van der Waals surface area contributed by atoms with Crippen LogP contribution in [0.4, 0.5) is 5.82 Å². The molecule has 136 valence electrons. The van der Waals surface area contributed by atoms with Crippen LogP contribution in [0.3, 0.4) is 0 Å². The first-order chi connectivity index (χ1) is 12.5. The summed E-state index contributed by atoms with van der Waals surface area (Å²) in [6.45, 7) is 0.928. The molecule has 1 aromatic carbocycles. The van der Waals surface area contributed by atoms with Gasteiger partial charge in [-0.2, -0.15) is 5.26 Å². The van der Waals surface area contributed by atoms with E-state index in [4.69, 9.17) is 16.9 Å². The molecule has 0 spiro atoms. The van der Waals surface area contributed by atoms with E-state index in [-0.39, 0.29) is 17.5 Å². The maximum absolute atomic E-state index is 12.6. The molecule has 8 heteroatoms. The van der Waals surface area contributed by atoms with E-state index in [1.165, 1.54) is 0 Å². The minimum atomic E-state index is -3.32. The van der Waals surface area contributed by atoms with E-state index in [1.807, 2.05) is 36.4 Å². The maximum Gasteiger partial charge on any atom is 0.218 e. The number of rotatable bonds is 5. The van der Waals surface area contributed by atoms with E-state index >= 15 is 0 Å². The fourth-order valence-electron chi connectivity index (χ4n) is 2.96. The Labute approximate surface area is 158 Å². The van der Waals surface area contributed by atoms with E-state index in [2.05, 4.69) is 10.3 Å². The third kappa shape index (κ3) is 4.52. The zero-order valence-corrected chi connectivity index (χ0v) is 15.7. The third-order valence-corrected chi connectivity index (χ3v) is 6.50. The van der Waals surface area contributed by atoms with E-state index < -0.39 is 10.0 Å². The fraction of sp³-hybridized carbons (Fsp3) is 0.333. The lowest BCUT2D eigenvalue weighted by molar-refractivity contribution is 0.329. The number of piperidine rings is 1. The van der Waals surface area contributed by atoms with Gasteiger partial charge in [0.2, 0.25) is 10.0 Å². The second-order valence-corrected chi connectivity index (χ2v) is 8.57. The van der Waals surface area contributed by atoms with Gasteiger partial charge in [0, 0.05) is 19.1 Å². The molecule has 1 aliphatic rings. The highest BCUT2D eigenvalue weighted by Gasteiger charge is 2.28. The number of nitriles is 1. The summed E-state index contributed by atoms with van der Waals surface area (Å²) in [6.07, 6.45) is 1.36. The van der Waals surface area contributed by atoms with Gasteiger partial charge in [0.1, 0.15) is 11.9 Å². The smallest absolute Gasteiger partial charge is 0.218 e. The summed E-state index contributed by atoms with van der Waals surface area (Å²) in [5.74, 6) is 0.604. The molecule has 0 radical (unpaired) electrons. The summed E-state index contributed by atoms with van der Waals surface area (Å²) >= 11 is 5.89. The topological polar surface area (TPSA) is 86.1 Å². The van der Waals surface area contributed by atoms with Gasteiger partial charge in [-0.3, -0.25) is 0 Å². The summed E-state index contributed by atoms with van der Waals surface area (Å²) in [4.78, 5) is 4.17. The number of nitrogens with one attached hydrogen (secondary N) is 1. The van der Waals surface area contributed by atoms with E-state index in [0.29, 0.717) is 36.8 Å². The zero-order valence-electron chi connectivity index (χ0n) is 14.1. The van der Waals surface area contributed by atoms with Gasteiger partial charge < -0.3 is 5.32 Å². The van der Waals surface area contributed by atoms with Crippen LogP contribution in [0, 0.1) is 11.3 Å². The number of nitrogens with zero attached hydrogens (tertiary/aromatic N) is 3. The molecule has 0 atom stereocenters. The molecule has 0 saturated carbocycles. The Balaban J connectivity index is 1.58. The Bertz CT molecular complexity index is 905. The van der Waals surface area contributed by atoms with Crippen molar-refractivity contribution in [2.75, 3.05) is 18.4 Å². The zero-order chi connectivity index (χ0) is 18.6. The average molecular weight is 391 g/mol. The van der Waals surface area contributed by atoms with Gasteiger partial charge in [-0.15, -0.1) is 0 Å². The Morgan fingerprint density at radius 1 is 1.19 bits per heavy atom. The van der Waals surface area contributed by atoms with Crippen molar-refractivity contribution >= 4 is 27.4 Å². The molecule has 2 aromatic rings. The number of pyridine rings is 1. The van der Waals surface area contributed by atoms with Crippen molar-refractivity contribution in [2.45, 2.75) is 24.6 Å². The molecule has 0 unspecified atom stereocenters. The van der Waals surface area contributed by atoms with Crippen molar-refractivity contribution in [3.05, 3.63) is 58.7 Å². The predicted molar refractivity (Wildman–Crippen MR) is 101 cm³/mol. The lowest BCUT2D eigenvalue weighted by Gasteiger charge is -2.32. The van der Waals surface area contributed by atoms with Crippen molar-refractivity contribution < 1.29 is 8.42 Å². The number of hydrogen-bond acceptors (Lipinski definition) is 5. The number of benzene rings is 1. The van der Waals surface area contributed by atoms with Crippen LogP contribution in [0.2, 0.25) is 5.02 Å². The van der Waals surface area contributed by atoms with Gasteiger partial charge in [-0.1, -0.05) is 41.9 Å². The summed E-state index contributed by atoms with van der Waals surface area (Å²) in [5, 5.41) is 12.6. The van der Waals surface area contributed by atoms with Gasteiger partial charge in [0.05, 0.1) is 10.8 Å². The highest BCUT2D eigenvalue weighted by molar-refractivity contribution is 7.88. The SMILES string of the molecule is N#Cc1nc(NC2CCN(S(=O)(=O)Cc3ccccc3)CC2)ccc1Cl. The highest BCUT2D eigenvalue weighted by Crippen LogP contribution is 2.21. The molecule has 1 aliphatic heterocycles. The number of hydrogen-bond donors (Lipinski definition) is 1. The van der Waals surface area contributed by atoms with Gasteiger partial charge in [0.25, 0.3) is 0 Å². The largest absolute Gasteiger partial charge is 0.367 e. The van der Waals surface area contributed by atoms with E-state index in [9.17, 15) is 8.42 Å². The van der Waals surface area contributed by atoms with Crippen LogP contribution >= 0.6 is 11.6 Å². The van der Waals surface area contributed by atoms with Crippen molar-refractivity contribution in [3.8, 4) is 6.07 Å². The predicted octanol–water partition coefficient (Wildman–Crippen LogP) is 3.01. The molecule has 1 saturated heterocycles. The number of anilines is 1. The van der Waals surface area contributed by atoms with Crippen molar-refractivity contribution in [2.24, 2.45) is 0 Å². The van der Waals surface area contributed by atoms with Crippen molar-refractivity contribution in [3.63, 3.8) is 0 Å². The highest BCUT2D eigenvalue weighted by atomic mass is 35.5. The molecule has 3 rings (SSSR count).